The van der Waals surface area contributed by atoms with Crippen molar-refractivity contribution in [3.8, 4) is 11.3 Å². The Morgan fingerprint density at radius 1 is 1.21 bits per heavy atom. The summed E-state index contributed by atoms with van der Waals surface area (Å²) in [7, 11) is 0. The number of carbonyl (C=O) groups excluding carboxylic acids is 1. The molecule has 3 aromatic rings. The lowest BCUT2D eigenvalue weighted by atomic mass is 10.1. The van der Waals surface area contributed by atoms with Crippen LogP contribution in [0.3, 0.4) is 0 Å². The highest BCUT2D eigenvalue weighted by atomic mass is 19.4. The van der Waals surface area contributed by atoms with E-state index in [1.807, 2.05) is 22.7 Å². The fourth-order valence-corrected chi connectivity index (χ4v) is 2.99. The molecule has 2 amide bonds. The Hall–Kier alpha value is -3.64. The maximum atomic E-state index is 12.3. The first kappa shape index (κ1) is 25.0. The number of carbonyl (C=O) groups is 1. The summed E-state index contributed by atoms with van der Waals surface area (Å²) in [6.45, 7) is 1.15. The molecule has 12 heteroatoms. The second-order valence-electron chi connectivity index (χ2n) is 7.14. The van der Waals surface area contributed by atoms with Gasteiger partial charge in [-0.25, -0.2) is 9.78 Å². The molecule has 0 bridgehead atoms. The topological polar surface area (TPSA) is 109 Å². The van der Waals surface area contributed by atoms with Gasteiger partial charge in [-0.1, -0.05) is 17.3 Å². The predicted molar refractivity (Wildman–Crippen MR) is 120 cm³/mol. The minimum Gasteiger partial charge on any atom is -0.394 e. The first-order valence-electron chi connectivity index (χ1n) is 10.3. The number of amides is 2. The van der Waals surface area contributed by atoms with Gasteiger partial charge in [0.2, 0.25) is 0 Å². The largest absolute Gasteiger partial charge is 0.405 e. The highest BCUT2D eigenvalue weighted by molar-refractivity contribution is 5.99. The van der Waals surface area contributed by atoms with E-state index in [0.29, 0.717) is 29.2 Å². The zero-order valence-electron chi connectivity index (χ0n) is 18.3. The zero-order valence-corrected chi connectivity index (χ0v) is 18.3. The monoisotopic (exact) mass is 479 g/mol. The van der Waals surface area contributed by atoms with Crippen LogP contribution in [0.2, 0.25) is 0 Å². The van der Waals surface area contributed by atoms with Gasteiger partial charge in [-0.15, -0.1) is 0 Å². The lowest BCUT2D eigenvalue weighted by Crippen LogP contribution is -2.36. The number of hydrogen-bond donors (Lipinski definition) is 3. The third-order valence-corrected chi connectivity index (χ3v) is 4.55. The van der Waals surface area contributed by atoms with Crippen molar-refractivity contribution in [2.75, 3.05) is 38.3 Å². The van der Waals surface area contributed by atoms with Crippen LogP contribution >= 0.6 is 0 Å². The Bertz CT molecular complexity index is 1150. The van der Waals surface area contributed by atoms with Crippen molar-refractivity contribution < 1.29 is 32.6 Å². The minimum atomic E-state index is -4.49. The Morgan fingerprint density at radius 2 is 2.03 bits per heavy atom. The number of urea groups is 1. The number of ether oxygens (including phenoxy) is 1. The van der Waals surface area contributed by atoms with Crippen LogP contribution in [0.4, 0.5) is 23.7 Å². The number of nitrogens with zero attached hydrogens (tertiary/aromatic N) is 3. The number of alkyl halides is 3. The summed E-state index contributed by atoms with van der Waals surface area (Å²) in [5, 5.41) is 16.9. The molecule has 0 saturated carbocycles. The van der Waals surface area contributed by atoms with Gasteiger partial charge in [0.1, 0.15) is 18.8 Å². The maximum Gasteiger partial charge on any atom is 0.405 e. The van der Waals surface area contributed by atoms with Crippen LogP contribution in [-0.2, 0) is 9.57 Å². The third kappa shape index (κ3) is 7.18. The highest BCUT2D eigenvalue weighted by Gasteiger charge is 2.27. The maximum absolute atomic E-state index is 12.3. The van der Waals surface area contributed by atoms with Crippen LogP contribution in [0.25, 0.3) is 16.9 Å². The summed E-state index contributed by atoms with van der Waals surface area (Å²) in [5.41, 5.74) is 3.88. The van der Waals surface area contributed by atoms with Crippen molar-refractivity contribution >= 4 is 23.1 Å². The summed E-state index contributed by atoms with van der Waals surface area (Å²) < 4.78 is 43.7. The van der Waals surface area contributed by atoms with Gasteiger partial charge >= 0.3 is 12.2 Å². The van der Waals surface area contributed by atoms with E-state index in [-0.39, 0.29) is 19.8 Å². The van der Waals surface area contributed by atoms with E-state index in [2.05, 4.69) is 15.5 Å². The molecule has 182 valence electrons. The first-order chi connectivity index (χ1) is 16.3. The molecule has 0 radical (unpaired) electrons. The van der Waals surface area contributed by atoms with Crippen molar-refractivity contribution in [1.82, 2.24) is 14.7 Å². The average molecular weight is 479 g/mol. The van der Waals surface area contributed by atoms with Gasteiger partial charge in [-0.3, -0.25) is 4.40 Å². The summed E-state index contributed by atoms with van der Waals surface area (Å²) in [6, 6.07) is 9.43. The number of hydrogen-bond acceptors (Lipinski definition) is 6. The molecule has 0 saturated heterocycles. The highest BCUT2D eigenvalue weighted by Crippen LogP contribution is 2.24. The van der Waals surface area contributed by atoms with E-state index >= 15 is 0 Å². The van der Waals surface area contributed by atoms with Gasteiger partial charge in [0.05, 0.1) is 37.4 Å². The van der Waals surface area contributed by atoms with Gasteiger partial charge < -0.3 is 25.3 Å². The predicted octanol–water partition coefficient (Wildman–Crippen LogP) is 3.43. The number of benzene rings is 1. The molecule has 0 aliphatic rings. The summed E-state index contributed by atoms with van der Waals surface area (Å²) in [5.74, 6) is 0. The van der Waals surface area contributed by atoms with E-state index < -0.39 is 18.8 Å². The normalized spacial score (nSPS) is 12.1. The van der Waals surface area contributed by atoms with Crippen molar-refractivity contribution in [2.45, 2.75) is 13.1 Å². The summed E-state index contributed by atoms with van der Waals surface area (Å²) in [6.07, 6.45) is -1.02. The molecule has 34 heavy (non-hydrogen) atoms. The summed E-state index contributed by atoms with van der Waals surface area (Å²) in [4.78, 5) is 21.4. The van der Waals surface area contributed by atoms with Crippen molar-refractivity contribution in [1.29, 1.82) is 0 Å². The fourth-order valence-electron chi connectivity index (χ4n) is 2.99. The number of pyridine rings is 1. The lowest BCUT2D eigenvalue weighted by Gasteiger charge is -2.11. The zero-order chi connectivity index (χ0) is 24.6. The molecule has 1 aromatic carbocycles. The van der Waals surface area contributed by atoms with E-state index in [9.17, 15) is 18.0 Å². The second kappa shape index (κ2) is 11.5. The number of fused-ring (bicyclic) bond motifs is 1. The fraction of sp³-hybridized carbons (Fsp3) is 0.318. The standard InChI is InChI=1S/C22H24F3N5O4/c1-15(29-34-10-9-33-8-7-31)16-5-6-30-19(13-26-20(30)12-16)17-3-2-4-18(11-17)28-21(32)27-14-22(23,24)25/h2-6,11-13,31H,7-10,14H2,1H3,(H2,27,28,32). The van der Waals surface area contributed by atoms with E-state index in [0.717, 1.165) is 11.3 Å². The van der Waals surface area contributed by atoms with E-state index in [1.54, 1.807) is 42.7 Å². The van der Waals surface area contributed by atoms with Crippen LogP contribution in [0.5, 0.6) is 0 Å². The Balaban J connectivity index is 1.69. The number of imidazole rings is 1. The molecule has 0 aliphatic heterocycles. The van der Waals surface area contributed by atoms with Crippen molar-refractivity contribution in [3.63, 3.8) is 0 Å². The number of aliphatic hydroxyl groups excluding tert-OH is 1. The quantitative estimate of drug-likeness (QED) is 0.235. The number of anilines is 1. The molecular formula is C22H24F3N5O4. The molecule has 0 atom stereocenters. The van der Waals surface area contributed by atoms with Gasteiger partial charge in [0.15, 0.2) is 0 Å². The Kier molecular flexibility index (Phi) is 8.44. The number of halogens is 3. The second-order valence-corrected chi connectivity index (χ2v) is 7.14. The number of rotatable bonds is 10. The average Bonchev–Trinajstić information content (AvgIpc) is 3.23. The summed E-state index contributed by atoms with van der Waals surface area (Å²) >= 11 is 0. The van der Waals surface area contributed by atoms with Crippen LogP contribution < -0.4 is 10.6 Å². The lowest BCUT2D eigenvalue weighted by molar-refractivity contribution is -0.122. The molecule has 0 unspecified atom stereocenters. The van der Waals surface area contributed by atoms with E-state index in [1.165, 1.54) is 0 Å². The Labute approximate surface area is 193 Å². The smallest absolute Gasteiger partial charge is 0.394 e. The molecule has 0 spiro atoms. The number of nitrogens with one attached hydrogen (secondary N) is 2. The molecular weight excluding hydrogens is 455 g/mol. The number of aliphatic hydroxyl groups is 1. The van der Waals surface area contributed by atoms with Crippen LogP contribution in [0, 0.1) is 0 Å². The molecule has 3 rings (SSSR count). The Morgan fingerprint density at radius 3 is 2.79 bits per heavy atom. The van der Waals surface area contributed by atoms with Gasteiger partial charge in [-0.05, 0) is 31.2 Å². The SMILES string of the molecule is CC(=NOCCOCCO)c1ccn2c(-c3cccc(NC(=O)NCC(F)(F)F)c3)cnc2c1. The van der Waals surface area contributed by atoms with Gasteiger partial charge in [-0.2, -0.15) is 13.2 Å². The number of aromatic nitrogens is 2. The first-order valence-corrected chi connectivity index (χ1v) is 10.3. The van der Waals surface area contributed by atoms with E-state index in [4.69, 9.17) is 14.7 Å². The number of oxime groups is 1. The van der Waals surface area contributed by atoms with Crippen molar-refractivity contribution in [2.24, 2.45) is 5.16 Å². The molecule has 2 aromatic heterocycles. The van der Waals surface area contributed by atoms with Crippen LogP contribution in [0.15, 0.2) is 53.9 Å². The van der Waals surface area contributed by atoms with Crippen molar-refractivity contribution in [3.05, 3.63) is 54.4 Å². The minimum absolute atomic E-state index is 0.0489. The van der Waals surface area contributed by atoms with Gasteiger partial charge in [0, 0.05) is 23.0 Å². The molecule has 0 aliphatic carbocycles. The van der Waals surface area contributed by atoms with Crippen LogP contribution in [-0.4, -0.2) is 65.4 Å². The molecule has 2 heterocycles. The molecule has 9 nitrogen and oxygen atoms in total. The van der Waals surface area contributed by atoms with Gasteiger partial charge in [0.25, 0.3) is 0 Å². The molecule has 3 N–H and O–H groups in total. The third-order valence-electron chi connectivity index (χ3n) is 4.55. The molecule has 0 fully saturated rings. The van der Waals surface area contributed by atoms with Crippen LogP contribution in [0.1, 0.15) is 12.5 Å².